The fraction of sp³-hybridized carbons (Fsp3) is 0.625. The van der Waals surface area contributed by atoms with E-state index in [1.807, 2.05) is 9.80 Å². The number of carbonyl (C=O) groups is 3. The molecule has 3 N–H and O–H groups in total. The van der Waals surface area contributed by atoms with Gasteiger partial charge in [-0.05, 0) is 31.9 Å². The van der Waals surface area contributed by atoms with Crippen LogP contribution in [0.4, 0.5) is 0 Å². The van der Waals surface area contributed by atoms with Gasteiger partial charge in [-0.2, -0.15) is 0 Å². The number of carboxylic acids is 3. The third-order valence-corrected chi connectivity index (χ3v) is 6.07. The van der Waals surface area contributed by atoms with E-state index in [4.69, 9.17) is 0 Å². The molecule has 2 rings (SSSR count). The van der Waals surface area contributed by atoms with Crippen LogP contribution in [0.5, 0.6) is 0 Å². The largest absolute Gasteiger partial charge is 0.480 e. The standard InChI is InChI=1S/C24H38N4O6/c1-20-4-6-21(7-5-20)3-2-8-25-9-11-26(17-22(29)30)13-15-28(19-24(33)34)16-14-27(12-10-25)18-23(31)32/h4-7H,2-3,8-19H2,1H3,(H,29,30)(H,31,32)(H,33,34). The Kier molecular flexibility index (Phi) is 12.0. The predicted octanol–water partition coefficient (Wildman–Crippen LogP) is 0.403. The molecule has 10 nitrogen and oxygen atoms in total. The Hall–Kier alpha value is -2.53. The van der Waals surface area contributed by atoms with Crippen LogP contribution in [0.2, 0.25) is 0 Å². The highest BCUT2D eigenvalue weighted by Gasteiger charge is 2.20. The van der Waals surface area contributed by atoms with Gasteiger partial charge in [0.1, 0.15) is 0 Å². The SMILES string of the molecule is Cc1ccc(CCCN2CCN(CC(=O)O)CCN(CC(=O)O)CCN(CC(=O)O)CC2)cc1. The summed E-state index contributed by atoms with van der Waals surface area (Å²) in [6.45, 7) is 6.69. The molecule has 1 heterocycles. The van der Waals surface area contributed by atoms with E-state index in [9.17, 15) is 29.7 Å². The van der Waals surface area contributed by atoms with Crippen molar-refractivity contribution in [3.63, 3.8) is 0 Å². The summed E-state index contributed by atoms with van der Waals surface area (Å²) in [5.74, 6) is -2.77. The smallest absolute Gasteiger partial charge is 0.317 e. The summed E-state index contributed by atoms with van der Waals surface area (Å²) in [6, 6.07) is 8.48. The Balaban J connectivity index is 2.04. The quantitative estimate of drug-likeness (QED) is 0.435. The highest BCUT2D eigenvalue weighted by atomic mass is 16.4. The lowest BCUT2D eigenvalue weighted by atomic mass is 10.1. The molecule has 1 saturated heterocycles. The van der Waals surface area contributed by atoms with Crippen LogP contribution in [-0.2, 0) is 20.8 Å². The lowest BCUT2D eigenvalue weighted by molar-refractivity contribution is -0.140. The maximum absolute atomic E-state index is 11.4. The van der Waals surface area contributed by atoms with Gasteiger partial charge in [-0.25, -0.2) is 0 Å². The topological polar surface area (TPSA) is 125 Å². The van der Waals surface area contributed by atoms with E-state index in [-0.39, 0.29) is 19.6 Å². The van der Waals surface area contributed by atoms with E-state index in [0.29, 0.717) is 52.4 Å². The second-order valence-electron chi connectivity index (χ2n) is 8.94. The monoisotopic (exact) mass is 478 g/mol. The highest BCUT2D eigenvalue weighted by Crippen LogP contribution is 2.08. The molecule has 1 aliphatic heterocycles. The molecule has 0 atom stereocenters. The van der Waals surface area contributed by atoms with Crippen LogP contribution in [-0.4, -0.2) is 131 Å². The van der Waals surface area contributed by atoms with Crippen molar-refractivity contribution in [2.45, 2.75) is 19.8 Å². The lowest BCUT2D eigenvalue weighted by Crippen LogP contribution is -2.48. The van der Waals surface area contributed by atoms with Crippen LogP contribution in [0.3, 0.4) is 0 Å². The molecule has 0 aliphatic carbocycles. The van der Waals surface area contributed by atoms with E-state index in [0.717, 1.165) is 19.4 Å². The normalized spacial score (nSPS) is 18.1. The minimum atomic E-state index is -0.957. The molecule has 0 radical (unpaired) electrons. The lowest BCUT2D eigenvalue weighted by Gasteiger charge is -2.33. The molecule has 1 aromatic carbocycles. The fourth-order valence-electron chi connectivity index (χ4n) is 4.11. The average molecular weight is 479 g/mol. The summed E-state index contributed by atoms with van der Waals surface area (Å²) in [5, 5.41) is 27.8. The number of nitrogens with zero attached hydrogens (tertiary/aromatic N) is 4. The fourth-order valence-corrected chi connectivity index (χ4v) is 4.11. The Labute approximate surface area is 201 Å². The van der Waals surface area contributed by atoms with Gasteiger partial charge in [-0.3, -0.25) is 29.1 Å². The summed E-state index contributed by atoms with van der Waals surface area (Å²) >= 11 is 0. The predicted molar refractivity (Wildman–Crippen MR) is 128 cm³/mol. The van der Waals surface area contributed by atoms with Crippen LogP contribution in [0, 0.1) is 6.92 Å². The first-order valence-electron chi connectivity index (χ1n) is 11.8. The maximum atomic E-state index is 11.4. The minimum absolute atomic E-state index is 0.0940. The zero-order valence-corrected chi connectivity index (χ0v) is 20.1. The van der Waals surface area contributed by atoms with Gasteiger partial charge in [0, 0.05) is 52.4 Å². The molecule has 190 valence electrons. The molecule has 34 heavy (non-hydrogen) atoms. The molecule has 10 heteroatoms. The molecule has 1 fully saturated rings. The molecule has 1 aliphatic rings. The van der Waals surface area contributed by atoms with Gasteiger partial charge in [-0.1, -0.05) is 29.8 Å². The summed E-state index contributed by atoms with van der Waals surface area (Å²) in [7, 11) is 0. The Bertz CT molecular complexity index is 756. The number of benzene rings is 1. The molecule has 0 saturated carbocycles. The molecule has 0 unspecified atom stereocenters. The van der Waals surface area contributed by atoms with Gasteiger partial charge < -0.3 is 20.2 Å². The van der Waals surface area contributed by atoms with Crippen molar-refractivity contribution in [2.24, 2.45) is 0 Å². The van der Waals surface area contributed by atoms with Gasteiger partial charge >= 0.3 is 17.9 Å². The number of aliphatic carboxylic acids is 3. The van der Waals surface area contributed by atoms with Crippen molar-refractivity contribution in [3.8, 4) is 0 Å². The molecular formula is C24H38N4O6. The molecular weight excluding hydrogens is 440 g/mol. The number of hydrogen-bond acceptors (Lipinski definition) is 7. The summed E-state index contributed by atoms with van der Waals surface area (Å²) in [5.41, 5.74) is 2.50. The van der Waals surface area contributed by atoms with Gasteiger partial charge in [-0.15, -0.1) is 0 Å². The van der Waals surface area contributed by atoms with Crippen LogP contribution < -0.4 is 0 Å². The first kappa shape index (κ1) is 27.7. The third-order valence-electron chi connectivity index (χ3n) is 6.07. The Morgan fingerprint density at radius 1 is 0.647 bits per heavy atom. The van der Waals surface area contributed by atoms with Crippen molar-refractivity contribution in [1.82, 2.24) is 19.6 Å². The summed E-state index contributed by atoms with van der Waals surface area (Å²) in [4.78, 5) is 41.7. The summed E-state index contributed by atoms with van der Waals surface area (Å²) in [6.07, 6.45) is 1.89. The van der Waals surface area contributed by atoms with Crippen molar-refractivity contribution in [2.75, 3.05) is 78.5 Å². The molecule has 1 aromatic rings. The first-order chi connectivity index (χ1) is 16.2. The van der Waals surface area contributed by atoms with Crippen molar-refractivity contribution in [1.29, 1.82) is 0 Å². The average Bonchev–Trinajstić information content (AvgIpc) is 2.75. The van der Waals surface area contributed by atoms with Crippen LogP contribution in [0.25, 0.3) is 0 Å². The van der Waals surface area contributed by atoms with Gasteiger partial charge in [0.15, 0.2) is 0 Å². The highest BCUT2D eigenvalue weighted by molar-refractivity contribution is 5.69. The number of aryl methyl sites for hydroxylation is 2. The van der Waals surface area contributed by atoms with Crippen LogP contribution in [0.1, 0.15) is 17.5 Å². The second kappa shape index (κ2) is 14.7. The molecule has 0 bridgehead atoms. The zero-order chi connectivity index (χ0) is 24.9. The zero-order valence-electron chi connectivity index (χ0n) is 20.1. The van der Waals surface area contributed by atoms with E-state index in [2.05, 4.69) is 36.1 Å². The molecule has 0 aromatic heterocycles. The van der Waals surface area contributed by atoms with Gasteiger partial charge in [0.05, 0.1) is 19.6 Å². The van der Waals surface area contributed by atoms with E-state index in [1.165, 1.54) is 11.1 Å². The third kappa shape index (κ3) is 11.6. The Morgan fingerprint density at radius 2 is 1.00 bits per heavy atom. The molecule has 0 spiro atoms. The van der Waals surface area contributed by atoms with E-state index in [1.54, 1.807) is 4.90 Å². The maximum Gasteiger partial charge on any atom is 0.317 e. The van der Waals surface area contributed by atoms with Crippen molar-refractivity contribution >= 4 is 17.9 Å². The Morgan fingerprint density at radius 3 is 1.35 bits per heavy atom. The van der Waals surface area contributed by atoms with Crippen molar-refractivity contribution < 1.29 is 29.7 Å². The number of hydrogen-bond donors (Lipinski definition) is 3. The summed E-state index contributed by atoms with van der Waals surface area (Å²) < 4.78 is 0. The minimum Gasteiger partial charge on any atom is -0.480 e. The second-order valence-corrected chi connectivity index (χ2v) is 8.94. The number of rotatable bonds is 10. The van der Waals surface area contributed by atoms with E-state index < -0.39 is 17.9 Å². The first-order valence-corrected chi connectivity index (χ1v) is 11.8. The van der Waals surface area contributed by atoms with E-state index >= 15 is 0 Å². The number of carboxylic acid groups (broad SMARTS) is 3. The van der Waals surface area contributed by atoms with Crippen molar-refractivity contribution in [3.05, 3.63) is 35.4 Å². The van der Waals surface area contributed by atoms with Gasteiger partial charge in [0.2, 0.25) is 0 Å². The van der Waals surface area contributed by atoms with Crippen LogP contribution in [0.15, 0.2) is 24.3 Å². The van der Waals surface area contributed by atoms with Crippen LogP contribution >= 0.6 is 0 Å². The van der Waals surface area contributed by atoms with Gasteiger partial charge in [0.25, 0.3) is 0 Å². The molecule has 0 amide bonds.